The fourth-order valence-electron chi connectivity index (χ4n) is 3.13. The van der Waals surface area contributed by atoms with Crippen molar-refractivity contribution < 1.29 is 18.5 Å². The Morgan fingerprint density at radius 3 is 1.55 bits per heavy atom. The normalized spacial score (nSPS) is 14.9. The summed E-state index contributed by atoms with van der Waals surface area (Å²) >= 11 is 9.75. The summed E-state index contributed by atoms with van der Waals surface area (Å²) in [6.07, 6.45) is 3.63. The van der Waals surface area contributed by atoms with E-state index in [4.69, 9.17) is 9.05 Å². The van der Waals surface area contributed by atoms with Gasteiger partial charge in [-0.1, -0.05) is 23.5 Å². The third kappa shape index (κ3) is 3.89. The molecule has 0 aliphatic carbocycles. The van der Waals surface area contributed by atoms with Crippen LogP contribution in [0.5, 0.6) is 0 Å². The van der Waals surface area contributed by atoms with E-state index < -0.39 is 7.82 Å². The Kier molecular flexibility index (Phi) is 5.24. The largest absolute Gasteiger partial charge is 0.584 e. The second kappa shape index (κ2) is 7.97. The van der Waals surface area contributed by atoms with Gasteiger partial charge in [0.15, 0.2) is 0 Å². The quantitative estimate of drug-likeness (QED) is 0.262. The second-order valence-corrected chi connectivity index (χ2v) is 14.5. The van der Waals surface area contributed by atoms with Gasteiger partial charge in [-0.3, -0.25) is 4.89 Å². The van der Waals surface area contributed by atoms with E-state index in [2.05, 4.69) is 0 Å². The average molecular weight is 539 g/mol. The molecule has 0 fully saturated rings. The zero-order valence-corrected chi connectivity index (χ0v) is 21.1. The fourth-order valence-corrected chi connectivity index (χ4v) is 10.6. The number of phosphoric ester groups is 1. The Hall–Kier alpha value is -1.23. The molecule has 4 aromatic rings. The van der Waals surface area contributed by atoms with E-state index in [1.807, 2.05) is 57.9 Å². The highest BCUT2D eigenvalue weighted by Gasteiger charge is 2.32. The molecule has 0 saturated carbocycles. The van der Waals surface area contributed by atoms with Crippen molar-refractivity contribution in [2.45, 2.75) is 16.8 Å². The van der Waals surface area contributed by atoms with Gasteiger partial charge in [0.25, 0.3) is 0 Å². The van der Waals surface area contributed by atoms with Gasteiger partial charge in [0, 0.05) is 22.3 Å². The van der Waals surface area contributed by atoms with Crippen LogP contribution in [-0.2, 0) is 13.6 Å². The average Bonchev–Trinajstić information content (AvgIpc) is 3.50. The summed E-state index contributed by atoms with van der Waals surface area (Å²) in [6.45, 7) is 0. The third-order valence-electron chi connectivity index (χ3n) is 4.48. The van der Waals surface area contributed by atoms with Crippen molar-refractivity contribution in [3.8, 4) is 0 Å². The summed E-state index contributed by atoms with van der Waals surface area (Å²) in [6, 6.07) is 7.78. The standard InChI is InChI=1S/C20H11O4PS6/c21-25(22,23-15-9-11-1-5-26-17(11)30-19-13(15)3-7-28-19)24-16-10-12-2-6-27-18(12)31-20-14(16)4-8-29-20/h1-10H,(H,21,22). The van der Waals surface area contributed by atoms with Gasteiger partial charge >= 0.3 is 7.82 Å². The van der Waals surface area contributed by atoms with Crippen LogP contribution in [-0.4, -0.2) is 4.89 Å². The minimum absolute atomic E-state index is 0.345. The maximum absolute atomic E-state index is 13.2. The van der Waals surface area contributed by atoms with Crippen molar-refractivity contribution in [3.63, 3.8) is 0 Å². The monoisotopic (exact) mass is 538 g/mol. The van der Waals surface area contributed by atoms with Crippen molar-refractivity contribution >= 4 is 100 Å². The number of hydrogen-bond acceptors (Lipinski definition) is 9. The van der Waals surface area contributed by atoms with E-state index in [1.54, 1.807) is 68.9 Å². The molecule has 0 aromatic carbocycles. The Labute approximate surface area is 202 Å². The first kappa shape index (κ1) is 20.4. The van der Waals surface area contributed by atoms with E-state index in [0.717, 1.165) is 39.1 Å². The molecule has 6 heterocycles. The molecule has 0 radical (unpaired) electrons. The molecule has 11 heteroatoms. The summed E-state index contributed by atoms with van der Waals surface area (Å²) in [5.41, 5.74) is 3.55. The minimum atomic E-state index is -4.46. The van der Waals surface area contributed by atoms with Crippen molar-refractivity contribution in [2.24, 2.45) is 0 Å². The third-order valence-corrected chi connectivity index (χ3v) is 12.0. The first-order valence-corrected chi connectivity index (χ1v) is 15.5. The molecule has 1 N–H and O–H groups in total. The van der Waals surface area contributed by atoms with Crippen LogP contribution in [0.2, 0.25) is 0 Å². The maximum atomic E-state index is 13.2. The molecule has 0 amide bonds. The highest BCUT2D eigenvalue weighted by molar-refractivity contribution is 8.03. The smallest absolute Gasteiger partial charge is 0.394 e. The SMILES string of the molecule is O=P(O)(OC1=Cc2ccsc2Sc2sccc21)OC1=Cc2ccsc2Sc2sccc21. The van der Waals surface area contributed by atoms with Crippen LogP contribution >= 0.6 is 76.7 Å². The van der Waals surface area contributed by atoms with Crippen LogP contribution in [0, 0.1) is 0 Å². The summed E-state index contributed by atoms with van der Waals surface area (Å²) in [7, 11) is -4.46. The van der Waals surface area contributed by atoms with Crippen LogP contribution in [0.4, 0.5) is 0 Å². The van der Waals surface area contributed by atoms with Gasteiger partial charge in [0.1, 0.15) is 11.5 Å². The van der Waals surface area contributed by atoms with Gasteiger partial charge in [-0.15, -0.1) is 45.3 Å². The lowest BCUT2D eigenvalue weighted by atomic mass is 10.2. The molecule has 2 aliphatic heterocycles. The number of hydrogen-bond donors (Lipinski definition) is 1. The molecule has 0 bridgehead atoms. The predicted octanol–water partition coefficient (Wildman–Crippen LogP) is 8.69. The molecule has 4 nitrogen and oxygen atoms in total. The molecule has 0 unspecified atom stereocenters. The molecule has 2 aliphatic rings. The molecule has 0 spiro atoms. The first-order valence-electron chi connectivity index (χ1n) is 8.87. The van der Waals surface area contributed by atoms with E-state index >= 15 is 0 Å². The molecule has 31 heavy (non-hydrogen) atoms. The summed E-state index contributed by atoms with van der Waals surface area (Å²) in [5, 5.41) is 7.92. The van der Waals surface area contributed by atoms with Gasteiger partial charge in [0.2, 0.25) is 0 Å². The fraction of sp³-hybridized carbons (Fsp3) is 0. The van der Waals surface area contributed by atoms with Gasteiger partial charge in [0.05, 0.1) is 16.8 Å². The van der Waals surface area contributed by atoms with Crippen LogP contribution < -0.4 is 0 Å². The molecule has 6 rings (SSSR count). The first-order chi connectivity index (χ1) is 15.1. The van der Waals surface area contributed by atoms with Crippen molar-refractivity contribution in [2.75, 3.05) is 0 Å². The summed E-state index contributed by atoms with van der Waals surface area (Å²) in [5.74, 6) is 0.689. The zero-order chi connectivity index (χ0) is 21.0. The van der Waals surface area contributed by atoms with Crippen LogP contribution in [0.3, 0.4) is 0 Å². The lowest BCUT2D eigenvalue weighted by molar-refractivity contribution is 0.264. The zero-order valence-electron chi connectivity index (χ0n) is 15.3. The van der Waals surface area contributed by atoms with E-state index in [1.165, 1.54) is 0 Å². The minimum Gasteiger partial charge on any atom is -0.394 e. The Balaban J connectivity index is 1.36. The highest BCUT2D eigenvalue weighted by atomic mass is 32.2. The second-order valence-electron chi connectivity index (χ2n) is 6.44. The maximum Gasteiger partial charge on any atom is 0.584 e. The predicted molar refractivity (Wildman–Crippen MR) is 133 cm³/mol. The van der Waals surface area contributed by atoms with Gasteiger partial charge < -0.3 is 9.05 Å². The lowest BCUT2D eigenvalue weighted by Crippen LogP contribution is -1.96. The number of rotatable bonds is 4. The summed E-state index contributed by atoms with van der Waals surface area (Å²) in [4.78, 5) is 10.8. The van der Waals surface area contributed by atoms with Crippen LogP contribution in [0.25, 0.3) is 23.7 Å². The van der Waals surface area contributed by atoms with Crippen LogP contribution in [0.1, 0.15) is 22.3 Å². The van der Waals surface area contributed by atoms with Gasteiger partial charge in [-0.05, 0) is 57.9 Å². The lowest BCUT2D eigenvalue weighted by Gasteiger charge is -2.17. The van der Waals surface area contributed by atoms with Gasteiger partial charge in [-0.25, -0.2) is 4.57 Å². The van der Waals surface area contributed by atoms with Crippen molar-refractivity contribution in [1.82, 2.24) is 0 Å². The topological polar surface area (TPSA) is 55.8 Å². The van der Waals surface area contributed by atoms with Crippen molar-refractivity contribution in [1.29, 1.82) is 0 Å². The highest BCUT2D eigenvalue weighted by Crippen LogP contribution is 2.56. The van der Waals surface area contributed by atoms with Crippen LogP contribution in [0.15, 0.2) is 62.6 Å². The number of phosphoric acid groups is 1. The molecular weight excluding hydrogens is 528 g/mol. The molecule has 156 valence electrons. The van der Waals surface area contributed by atoms with E-state index in [0.29, 0.717) is 11.5 Å². The Bertz CT molecular complexity index is 1300. The number of thiophene rings is 4. The molecule has 4 aromatic heterocycles. The van der Waals surface area contributed by atoms with E-state index in [-0.39, 0.29) is 0 Å². The summed E-state index contributed by atoms with van der Waals surface area (Å²) < 4.78 is 28.8. The molecular formula is C20H11O4PS6. The van der Waals surface area contributed by atoms with Crippen molar-refractivity contribution in [3.05, 3.63) is 68.0 Å². The number of fused-ring (bicyclic) bond motifs is 4. The Morgan fingerprint density at radius 2 is 1.06 bits per heavy atom. The Morgan fingerprint density at radius 1 is 0.645 bits per heavy atom. The molecule has 0 atom stereocenters. The van der Waals surface area contributed by atoms with Gasteiger partial charge in [-0.2, -0.15) is 0 Å². The van der Waals surface area contributed by atoms with E-state index in [9.17, 15) is 9.46 Å². The molecule has 0 saturated heterocycles.